The first-order chi connectivity index (χ1) is 19.8. The van der Waals surface area contributed by atoms with E-state index in [-0.39, 0.29) is 69.4 Å². The number of methoxy groups -OCH3 is 2. The van der Waals surface area contributed by atoms with Gasteiger partial charge in [-0.25, -0.2) is 0 Å². The second kappa shape index (κ2) is 10.1. The molecule has 5 rings (SSSR count). The molecule has 3 heterocycles. The maximum absolute atomic E-state index is 14.0. The summed E-state index contributed by atoms with van der Waals surface area (Å²) in [5.41, 5.74) is 0.327. The zero-order valence-electron chi connectivity index (χ0n) is 23.9. The number of ketones is 4. The van der Waals surface area contributed by atoms with Crippen molar-refractivity contribution < 1.29 is 43.7 Å². The van der Waals surface area contributed by atoms with Gasteiger partial charge in [0.2, 0.25) is 11.6 Å². The predicted molar refractivity (Wildman–Crippen MR) is 144 cm³/mol. The van der Waals surface area contributed by atoms with Crippen LogP contribution in [0.25, 0.3) is 0 Å². The third kappa shape index (κ3) is 3.72. The number of fused-ring (bicyclic) bond motifs is 6. The first-order valence-electron chi connectivity index (χ1n) is 13.2. The highest BCUT2D eigenvalue weighted by Crippen LogP contribution is 2.56. The van der Waals surface area contributed by atoms with Crippen LogP contribution in [0.1, 0.15) is 47.8 Å². The number of phenolic OH excluding ortho intramolecular Hbond substituents is 2. The van der Waals surface area contributed by atoms with Gasteiger partial charge in [0.1, 0.15) is 17.8 Å². The van der Waals surface area contributed by atoms with E-state index in [1.807, 2.05) is 0 Å². The number of likely N-dealkylation sites (N-methyl/N-ethyl adjacent to an activating group) is 1. The molecule has 1 aliphatic carbocycles. The fourth-order valence-electron chi connectivity index (χ4n) is 7.04. The summed E-state index contributed by atoms with van der Waals surface area (Å²) < 4.78 is 10.6. The van der Waals surface area contributed by atoms with Crippen LogP contribution in [0.5, 0.6) is 17.2 Å². The molecule has 1 fully saturated rings. The number of hydrogen-bond donors (Lipinski definition) is 3. The van der Waals surface area contributed by atoms with Crippen LogP contribution >= 0.6 is 0 Å². The molecule has 0 aromatic heterocycles. The molecule has 4 aliphatic rings. The highest BCUT2D eigenvalue weighted by molar-refractivity contribution is 6.35. The lowest BCUT2D eigenvalue weighted by Crippen LogP contribution is -2.72. The van der Waals surface area contributed by atoms with Crippen molar-refractivity contribution >= 4 is 29.0 Å². The van der Waals surface area contributed by atoms with Gasteiger partial charge in [0.25, 0.3) is 5.91 Å². The number of nitrogens with one attached hydrogen (secondary N) is 1. The third-order valence-electron chi connectivity index (χ3n) is 8.88. The fraction of sp³-hybridized carbons (Fsp3) is 0.448. The molecular formula is C29H30N4O9. The highest BCUT2D eigenvalue weighted by atomic mass is 16.5. The minimum atomic E-state index is -1.21. The summed E-state index contributed by atoms with van der Waals surface area (Å²) >= 11 is 0. The number of piperazine rings is 1. The first-order valence-corrected chi connectivity index (χ1v) is 13.2. The predicted octanol–water partition coefficient (Wildman–Crippen LogP) is 0.375. The second-order valence-corrected chi connectivity index (χ2v) is 10.8. The molecule has 1 unspecified atom stereocenters. The fourth-order valence-corrected chi connectivity index (χ4v) is 7.04. The molecule has 1 amide bonds. The summed E-state index contributed by atoms with van der Waals surface area (Å²) in [5, 5.41) is 35.5. The monoisotopic (exact) mass is 578 g/mol. The van der Waals surface area contributed by atoms with E-state index in [1.165, 1.54) is 28.1 Å². The standard InChI is InChI=1S/C29H30N4O9/c1-10-22(35)13-7-14-20-18-19(23(36)11(2)28(42-6)26(18)39)24(37)21(32(20)4)15(8-30)33(14)16(9-31-29(40)12(3)34)17(13)25(38)27(10)41-5/h14-16,20-21,36,39H,7,9H2,1-6H3,(H,31,40)/t14-,15?,16-,20+,21-/m0/s1. The number of hydrogen-bond acceptors (Lipinski definition) is 12. The number of rotatable bonds is 5. The maximum Gasteiger partial charge on any atom is 0.287 e. The van der Waals surface area contributed by atoms with E-state index in [0.29, 0.717) is 0 Å². The zero-order chi connectivity index (χ0) is 30.9. The first kappa shape index (κ1) is 29.0. The van der Waals surface area contributed by atoms with Crippen LogP contribution in [0, 0.1) is 18.3 Å². The molecule has 42 heavy (non-hydrogen) atoms. The van der Waals surface area contributed by atoms with Gasteiger partial charge in [0.05, 0.1) is 37.9 Å². The Balaban J connectivity index is 1.79. The van der Waals surface area contributed by atoms with Crippen LogP contribution in [0.15, 0.2) is 22.5 Å². The molecule has 1 aromatic rings. The molecule has 13 heteroatoms. The number of Topliss-reactive ketones (excluding diaryl/α,β-unsaturated/α-hetero) is 4. The zero-order valence-corrected chi connectivity index (χ0v) is 23.9. The van der Waals surface area contributed by atoms with Crippen molar-refractivity contribution in [2.45, 2.75) is 57.4 Å². The Bertz CT molecular complexity index is 1600. The SMILES string of the molecule is COC1=C(C)C(=O)C2=C(C1=O)[C@H](CNC(=O)C(C)=O)N1C(C#N)[C@H]3C(=O)c4c(O)c(C)c(OC)c(O)c4[C@@H]([C@@H]1C2)N3C. The summed E-state index contributed by atoms with van der Waals surface area (Å²) in [6.45, 7) is 3.70. The molecule has 1 aromatic carbocycles. The minimum Gasteiger partial charge on any atom is -0.507 e. The van der Waals surface area contributed by atoms with Crippen molar-refractivity contribution in [1.82, 2.24) is 15.1 Å². The number of phenols is 2. The van der Waals surface area contributed by atoms with E-state index in [0.717, 1.165) is 6.92 Å². The number of ether oxygens (including phenoxy) is 2. The molecular weight excluding hydrogens is 548 g/mol. The molecule has 0 spiro atoms. The Labute approximate surface area is 241 Å². The van der Waals surface area contributed by atoms with Crippen molar-refractivity contribution in [3.8, 4) is 23.3 Å². The Morgan fingerprint density at radius 1 is 1.07 bits per heavy atom. The number of amides is 1. The van der Waals surface area contributed by atoms with Gasteiger partial charge in [0.15, 0.2) is 28.8 Å². The van der Waals surface area contributed by atoms with Gasteiger partial charge in [-0.1, -0.05) is 0 Å². The molecule has 0 saturated carbocycles. The van der Waals surface area contributed by atoms with E-state index < -0.39 is 59.2 Å². The molecule has 220 valence electrons. The Kier molecular flexibility index (Phi) is 6.95. The molecule has 3 N–H and O–H groups in total. The van der Waals surface area contributed by atoms with Gasteiger partial charge >= 0.3 is 0 Å². The topological polar surface area (TPSA) is 187 Å². The van der Waals surface area contributed by atoms with Crippen LogP contribution in [-0.4, -0.2) is 101 Å². The van der Waals surface area contributed by atoms with Crippen LogP contribution in [0.3, 0.4) is 0 Å². The number of nitrogens with zero attached hydrogens (tertiary/aromatic N) is 3. The number of benzene rings is 1. The Morgan fingerprint density at radius 3 is 2.31 bits per heavy atom. The molecule has 13 nitrogen and oxygen atoms in total. The lowest BCUT2D eigenvalue weighted by molar-refractivity contribution is -0.137. The van der Waals surface area contributed by atoms with Gasteiger partial charge < -0.3 is 25.0 Å². The lowest BCUT2D eigenvalue weighted by Gasteiger charge is -2.59. The van der Waals surface area contributed by atoms with Crippen LogP contribution in [-0.2, 0) is 23.9 Å². The Morgan fingerprint density at radius 2 is 1.74 bits per heavy atom. The minimum absolute atomic E-state index is 0.00616. The van der Waals surface area contributed by atoms with Crippen molar-refractivity contribution in [3.63, 3.8) is 0 Å². The smallest absolute Gasteiger partial charge is 0.287 e. The van der Waals surface area contributed by atoms with E-state index in [4.69, 9.17) is 9.47 Å². The van der Waals surface area contributed by atoms with Gasteiger partial charge in [-0.15, -0.1) is 0 Å². The van der Waals surface area contributed by atoms with Crippen LogP contribution < -0.4 is 10.1 Å². The largest absolute Gasteiger partial charge is 0.507 e. The van der Waals surface area contributed by atoms with Crippen LogP contribution in [0.4, 0.5) is 0 Å². The molecule has 1 saturated heterocycles. The number of allylic oxidation sites excluding steroid dienone is 2. The maximum atomic E-state index is 14.0. The van der Waals surface area contributed by atoms with E-state index >= 15 is 0 Å². The Hall–Kier alpha value is -4.54. The van der Waals surface area contributed by atoms with Crippen molar-refractivity contribution in [2.75, 3.05) is 27.8 Å². The second-order valence-electron chi connectivity index (χ2n) is 10.8. The normalized spacial score (nSPS) is 27.2. The summed E-state index contributed by atoms with van der Waals surface area (Å²) in [4.78, 5) is 68.7. The molecule has 2 bridgehead atoms. The molecule has 3 aliphatic heterocycles. The van der Waals surface area contributed by atoms with E-state index in [1.54, 1.807) is 16.8 Å². The average Bonchev–Trinajstić information content (AvgIpc) is 2.95. The summed E-state index contributed by atoms with van der Waals surface area (Å²) in [7, 11) is 4.18. The average molecular weight is 579 g/mol. The quantitative estimate of drug-likeness (QED) is 0.248. The van der Waals surface area contributed by atoms with Crippen molar-refractivity contribution in [2.24, 2.45) is 0 Å². The lowest BCUT2D eigenvalue weighted by atomic mass is 9.69. The van der Waals surface area contributed by atoms with E-state index in [9.17, 15) is 39.4 Å². The van der Waals surface area contributed by atoms with Crippen molar-refractivity contribution in [1.29, 1.82) is 5.26 Å². The number of nitriles is 1. The van der Waals surface area contributed by atoms with Gasteiger partial charge in [-0.3, -0.25) is 33.8 Å². The van der Waals surface area contributed by atoms with Crippen molar-refractivity contribution in [3.05, 3.63) is 39.2 Å². The highest BCUT2D eigenvalue weighted by Gasteiger charge is 2.60. The van der Waals surface area contributed by atoms with Crippen LogP contribution in [0.2, 0.25) is 0 Å². The van der Waals surface area contributed by atoms with Gasteiger partial charge in [-0.05, 0) is 27.3 Å². The van der Waals surface area contributed by atoms with Gasteiger partial charge in [0, 0.05) is 47.4 Å². The summed E-state index contributed by atoms with van der Waals surface area (Å²) in [6.07, 6.45) is -0.0602. The molecule has 5 atom stereocenters. The number of carbonyl (C=O) groups excluding carboxylic acids is 5. The van der Waals surface area contributed by atoms with Gasteiger partial charge in [-0.2, -0.15) is 5.26 Å². The van der Waals surface area contributed by atoms with E-state index in [2.05, 4.69) is 11.4 Å². The third-order valence-corrected chi connectivity index (χ3v) is 8.88. The molecule has 0 radical (unpaired) electrons. The number of carbonyl (C=O) groups is 5. The summed E-state index contributed by atoms with van der Waals surface area (Å²) in [6, 6.07) is -2.96. The number of aromatic hydroxyl groups is 2. The summed E-state index contributed by atoms with van der Waals surface area (Å²) in [5.74, 6) is -4.36.